The van der Waals surface area contributed by atoms with Gasteiger partial charge in [-0.3, -0.25) is 23.7 Å². The highest BCUT2D eigenvalue weighted by Gasteiger charge is 2.50. The van der Waals surface area contributed by atoms with Crippen LogP contribution >= 0.6 is 28.3 Å². The third kappa shape index (κ3) is 39.0. The van der Waals surface area contributed by atoms with Crippen molar-refractivity contribution in [2.75, 3.05) is 86.8 Å². The number of halogens is 2. The second-order valence-corrected chi connectivity index (χ2v) is 49.5. The minimum atomic E-state index is -1.31. The summed E-state index contributed by atoms with van der Waals surface area (Å²) >= 11 is 3.38. The molecule has 13 aliphatic heterocycles. The van der Waals surface area contributed by atoms with E-state index in [4.69, 9.17) is 103 Å². The quantitative estimate of drug-likeness (QED) is 0.0137. The van der Waals surface area contributed by atoms with E-state index in [1.807, 2.05) is 141 Å². The van der Waals surface area contributed by atoms with E-state index in [-0.39, 0.29) is 97.6 Å². The van der Waals surface area contributed by atoms with Gasteiger partial charge in [0.25, 0.3) is 0 Å². The molecule has 13 heterocycles. The summed E-state index contributed by atoms with van der Waals surface area (Å²) in [5.41, 5.74) is 18.2. The van der Waals surface area contributed by atoms with E-state index in [1.54, 1.807) is 30.7 Å². The van der Waals surface area contributed by atoms with Crippen LogP contribution < -0.4 is 30.2 Å². The number of Topliss-reactive ketones (excluding diaryl/α,β-unsaturated/α-hetero) is 2. The number of aliphatic imine (C=N–C) groups is 2. The van der Waals surface area contributed by atoms with Crippen LogP contribution in [-0.4, -0.2) is 227 Å². The minimum Gasteiger partial charge on any atom is -0.490 e. The zero-order chi connectivity index (χ0) is 104. The molecule has 7 aromatic rings. The Bertz CT molecular complexity index is 5650. The maximum atomic E-state index is 12.6. The summed E-state index contributed by atoms with van der Waals surface area (Å²) < 4.78 is 82.2. The Morgan fingerprint density at radius 2 is 0.905 bits per heavy atom. The van der Waals surface area contributed by atoms with Gasteiger partial charge in [-0.2, -0.15) is 26.0 Å². The highest BCUT2D eigenvalue weighted by molar-refractivity contribution is 9.10. The van der Waals surface area contributed by atoms with Gasteiger partial charge < -0.3 is 82.4 Å². The number of ether oxygens (including phenoxy) is 13. The Balaban J connectivity index is 0.000000176. The molecule has 1 spiro atoms. The van der Waals surface area contributed by atoms with Crippen LogP contribution in [0.5, 0.6) is 23.0 Å². The Kier molecular flexibility index (Phi) is 49.3. The second-order valence-electron chi connectivity index (χ2n) is 39.5. The Morgan fingerprint density at radius 3 is 1.30 bits per heavy atom. The van der Waals surface area contributed by atoms with Crippen LogP contribution in [0.2, 0.25) is 39.3 Å². The van der Waals surface area contributed by atoms with Crippen LogP contribution in [-0.2, 0) is 62.8 Å². The molecule has 0 saturated carbocycles. The molecule has 12 unspecified atom stereocenters. The fourth-order valence-electron chi connectivity index (χ4n) is 18.5. The first kappa shape index (κ1) is 118. The Hall–Kier alpha value is -10.8. The number of fused-ring (bicyclic) bond motifs is 5. The van der Waals surface area contributed by atoms with Gasteiger partial charge in [0.2, 0.25) is 17.9 Å². The van der Waals surface area contributed by atoms with Crippen LogP contribution in [0.3, 0.4) is 0 Å². The fourth-order valence-corrected chi connectivity index (χ4v) is 19.7. The molecule has 0 bridgehead atoms. The van der Waals surface area contributed by atoms with Crippen molar-refractivity contribution in [2.45, 2.75) is 292 Å². The molecule has 13 aliphatic rings. The number of carbonyl (C=O) groups excluding carboxylic acids is 4. The lowest BCUT2D eigenvalue weighted by Crippen LogP contribution is -2.40. The number of guanidine groups is 1. The number of nitrogens with one attached hydrogen (secondary N) is 1. The van der Waals surface area contributed by atoms with Gasteiger partial charge in [0.05, 0.1) is 119 Å². The van der Waals surface area contributed by atoms with Gasteiger partial charge in [-0.25, -0.2) is 20.4 Å². The number of aliphatic hydroxyl groups excluding tert-OH is 1. The summed E-state index contributed by atoms with van der Waals surface area (Å²) in [6, 6.07) is 54.9. The second kappa shape index (κ2) is 61.4. The van der Waals surface area contributed by atoms with Gasteiger partial charge in [-0.1, -0.05) is 70.5 Å². The van der Waals surface area contributed by atoms with E-state index >= 15 is 0 Å². The molecule has 0 amide bonds. The van der Waals surface area contributed by atoms with Crippen molar-refractivity contribution < 1.29 is 95.9 Å². The van der Waals surface area contributed by atoms with Crippen molar-refractivity contribution in [2.24, 2.45) is 25.0 Å². The average molecular weight is 2140 g/mol. The molecule has 0 aliphatic carbocycles. The van der Waals surface area contributed by atoms with Gasteiger partial charge >= 0.3 is 5.97 Å². The number of hydrogen-bond acceptors (Lipinski definition) is 31. The lowest BCUT2D eigenvalue weighted by Gasteiger charge is -2.37. The van der Waals surface area contributed by atoms with Crippen molar-refractivity contribution in [1.29, 1.82) is 21.0 Å². The molecule has 31 nitrogen and oxygen atoms in total. The van der Waals surface area contributed by atoms with Crippen molar-refractivity contribution >= 4 is 86.3 Å². The third-order valence-corrected chi connectivity index (χ3v) is 27.6. The first-order valence-corrected chi connectivity index (χ1v) is 59.1. The molecule has 12 atom stereocenters. The van der Waals surface area contributed by atoms with Crippen molar-refractivity contribution in [3.8, 4) is 80.8 Å². The first-order valence-electron chi connectivity index (χ1n) is 51.4. The normalized spacial score (nSPS) is 23.5. The van der Waals surface area contributed by atoms with Crippen LogP contribution in [0.4, 0.5) is 0 Å². The predicted molar refractivity (Wildman–Crippen MR) is 573 cm³/mol. The number of hydrogen-bond donors (Lipinski definition) is 4. The molecular weight excluding hydrogens is 1990 g/mol. The van der Waals surface area contributed by atoms with Gasteiger partial charge in [0.15, 0.2) is 28.0 Å². The van der Waals surface area contributed by atoms with Gasteiger partial charge in [0.1, 0.15) is 53.7 Å². The number of benzene rings is 7. The minimum absolute atomic E-state index is 0. The van der Waals surface area contributed by atoms with Crippen LogP contribution in [0.15, 0.2) is 169 Å². The molecule has 0 aromatic heterocycles. The van der Waals surface area contributed by atoms with Gasteiger partial charge in [-0.15, -0.1) is 12.4 Å². The molecule has 20 rings (SSSR count). The zero-order valence-corrected chi connectivity index (χ0v) is 90.7. The van der Waals surface area contributed by atoms with E-state index in [0.717, 1.165) is 248 Å². The number of nitrogens with zero attached hydrogens (tertiary/aromatic N) is 9. The van der Waals surface area contributed by atoms with Crippen molar-refractivity contribution in [3.05, 3.63) is 189 Å². The van der Waals surface area contributed by atoms with E-state index < -0.39 is 22.2 Å². The lowest BCUT2D eigenvalue weighted by molar-refractivity contribution is -0.192. The average Bonchev–Trinajstić information content (AvgIpc) is 1.62. The topological polar surface area (TPSA) is 424 Å². The van der Waals surface area contributed by atoms with Crippen molar-refractivity contribution in [3.63, 3.8) is 0 Å². The van der Waals surface area contributed by atoms with Crippen LogP contribution in [0, 0.1) is 45.4 Å². The Labute approximate surface area is 882 Å². The maximum Gasteiger partial charge on any atom is 0.308 e. The number of esters is 1. The van der Waals surface area contributed by atoms with E-state index in [9.17, 15) is 24.4 Å². The smallest absolute Gasteiger partial charge is 0.308 e. The number of hydroxylamine groups is 3. The molecular formula is C112H145BrClN11O20Si2. The number of aliphatic hydroxyl groups is 1. The fraction of sp³-hybridized carbons (Fsp3) is 0.527. The molecule has 8 fully saturated rings. The molecule has 0 radical (unpaired) electrons. The van der Waals surface area contributed by atoms with Crippen LogP contribution in [0.25, 0.3) is 33.4 Å². The molecule has 7 aromatic carbocycles. The maximum absolute atomic E-state index is 12.6. The largest absolute Gasteiger partial charge is 0.490 e. The number of carbonyl (C=O) groups is 4. The van der Waals surface area contributed by atoms with Crippen LogP contribution in [0.1, 0.15) is 229 Å². The Morgan fingerprint density at radius 1 is 0.517 bits per heavy atom. The molecule has 147 heavy (non-hydrogen) atoms. The standard InChI is InChI=1S/C23H24N4O3.C22H19N3O2.C21H19NO3.C14H15BrO3.C8H14O3.C7H18N2Si2.C6H12O2.C6H10O2.C4H8O.CH5NO.ClH/c1-27-22(25)26-23(30-27)13-19(12-18-6-3-9-28-18)29-21-8-7-17(11-20(21)23)16-5-2-4-15(10-16)14-24;23-13-15-3-1-4-16(9-15)17-6-7-22-20(10-17)21(25-14-24)12-19(27-22)11-18-5-2-8-26-18;22-13-14-3-1-4-15(9-14)16-6-7-21-19(10-16)20(23)12-18(25-21)11-17-5-2-8-24-17;15-9-3-4-14-12(6-9)13(16)8-11(18-14)7-10-2-1-5-17-10;1-2-10-8(9)6-7-4-3-5-11-7;1-10(2,3)8-7-9-11(4,5)6;2*7-4-3-6-2-1-5-8-6;1-2-4-5-3-1;1-2-3;/h2,4-5,7-8,10-11,18-19H,3,6,9,12-13H2,1H3,(H2,25,26);1,3-4,6-7,9-10,18-19H,2,5,8,11-12H2;1,3-4,6-7,9-10,17-18H,2,5,8,11-12H2;3-4,6,10-11H,1-2,5,7-8H2;7H,2-6H2,1H3;1-6H3;6-7H,1-5H2;4,6H,1-3,5H2;1-4H2;2-3H,1H3;1H. The number of rotatable bonds is 20. The lowest BCUT2D eigenvalue weighted by atomic mass is 9.88. The van der Waals surface area contributed by atoms with Gasteiger partial charge in [-0.05, 0) is 280 Å². The third-order valence-electron chi connectivity index (χ3n) is 25.6. The highest BCUT2D eigenvalue weighted by atomic mass is 79.9. The number of ketones is 2. The van der Waals surface area contributed by atoms with E-state index in [2.05, 4.69) is 93.7 Å². The molecule has 5 N–H and O–H groups in total. The first-order chi connectivity index (χ1) is 70.6. The van der Waals surface area contributed by atoms with Crippen molar-refractivity contribution in [1.82, 2.24) is 10.5 Å². The van der Waals surface area contributed by atoms with E-state index in [1.165, 1.54) is 31.4 Å². The molecule has 35 heteroatoms. The predicted octanol–water partition coefficient (Wildman–Crippen LogP) is 21.1. The van der Waals surface area contributed by atoms with Gasteiger partial charge in [0, 0.05) is 148 Å². The number of nitriles is 4. The number of nitrogens with two attached hydrogens (primary N) is 1. The summed E-state index contributed by atoms with van der Waals surface area (Å²) in [6.45, 7) is 23.4. The molecule has 8 saturated heterocycles. The summed E-state index contributed by atoms with van der Waals surface area (Å²) in [5, 5.41) is 53.8. The summed E-state index contributed by atoms with van der Waals surface area (Å²) in [4.78, 5) is 60.4. The number of aldehydes is 1. The van der Waals surface area contributed by atoms with E-state index in [0.29, 0.717) is 96.5 Å². The SMILES string of the molecule is C1CCOC1.CCOC(=O)CC1CCCO1.CN1OC2(CC(CC3CCCO3)Oc3ccc(-c4cccc(C#N)c4)cc32)N=C1N.CNO.C[Si](C)(C)N=C=N[Si](C)(C)C.Cl.N#CN=C1CC(CC2CCCO2)Oc2ccc(-c3cccc(C#N)c3)cc21.N#Cc1cccc(-c2ccc3c(c2)C(=O)CC(CC2CCCO2)O3)c1.O=C1CC(CC2CCCO2)Oc2ccc(Br)cc21.O=CCC1CCCO1.OCCC1CCCO1. The zero-order valence-electron chi connectivity index (χ0n) is 86.3. The summed E-state index contributed by atoms with van der Waals surface area (Å²) in [7, 11) is 0.563. The summed E-state index contributed by atoms with van der Waals surface area (Å²) in [5.74, 6) is 3.34. The highest BCUT2D eigenvalue weighted by Crippen LogP contribution is 2.49. The summed E-state index contributed by atoms with van der Waals surface area (Å²) in [6.07, 6.45) is 29.1. The monoisotopic (exact) mass is 2130 g/mol. The molecule has 790 valence electrons.